The third-order valence-electron chi connectivity index (χ3n) is 10.9. The Morgan fingerprint density at radius 3 is 1.62 bits per heavy atom. The highest BCUT2D eigenvalue weighted by Gasteiger charge is 2.27. The van der Waals surface area contributed by atoms with Gasteiger partial charge in [-0.2, -0.15) is 0 Å². The minimum absolute atomic E-state index is 0.989. The normalized spacial score (nSPS) is 12.1. The second-order valence-corrected chi connectivity index (χ2v) is 13.9. The van der Waals surface area contributed by atoms with Crippen molar-refractivity contribution in [3.63, 3.8) is 0 Å². The lowest BCUT2D eigenvalue weighted by atomic mass is 9.91. The van der Waals surface area contributed by atoms with E-state index in [1.165, 1.54) is 76.8 Å². The summed E-state index contributed by atoms with van der Waals surface area (Å²) in [4.78, 5) is 7.58. The predicted octanol–water partition coefficient (Wildman–Crippen LogP) is 14.1. The summed E-state index contributed by atoms with van der Waals surface area (Å²) in [7, 11) is 0. The molecule has 9 aromatic carbocycles. The van der Waals surface area contributed by atoms with Gasteiger partial charge in [0.25, 0.3) is 0 Å². The number of pyridine rings is 1. The first-order valence-electron chi connectivity index (χ1n) is 18.2. The molecular weight excluding hydrogens is 641 g/mol. The summed E-state index contributed by atoms with van der Waals surface area (Å²) in [6.07, 6.45) is 0. The summed E-state index contributed by atoms with van der Waals surface area (Å²) in [5, 5.41) is 8.93. The van der Waals surface area contributed by atoms with Gasteiger partial charge in [0.05, 0.1) is 22.6 Å². The number of anilines is 3. The number of fused-ring (bicyclic) bond motifs is 8. The molecule has 0 fully saturated rings. The molecule has 0 bridgehead atoms. The number of benzene rings is 9. The monoisotopic (exact) mass is 672 g/mol. The fraction of sp³-hybridized carbons (Fsp3) is 0. The van der Waals surface area contributed by atoms with Crippen molar-refractivity contribution in [2.24, 2.45) is 0 Å². The van der Waals surface area contributed by atoms with Gasteiger partial charge in [0.2, 0.25) is 0 Å². The van der Waals surface area contributed by atoms with Gasteiger partial charge in [-0.15, -0.1) is 0 Å². The second-order valence-electron chi connectivity index (χ2n) is 13.9. The largest absolute Gasteiger partial charge is 0.309 e. The Kier molecular flexibility index (Phi) is 6.59. The smallest absolute Gasteiger partial charge is 0.0736 e. The van der Waals surface area contributed by atoms with Crippen LogP contribution in [0.5, 0.6) is 0 Å². The highest BCUT2D eigenvalue weighted by molar-refractivity contribution is 6.25. The average Bonchev–Trinajstić information content (AvgIpc) is 3.24. The average molecular weight is 673 g/mol. The fourth-order valence-electron chi connectivity index (χ4n) is 8.52. The lowest BCUT2D eigenvalue weighted by Gasteiger charge is -2.33. The van der Waals surface area contributed by atoms with Crippen molar-refractivity contribution in [3.8, 4) is 44.6 Å². The van der Waals surface area contributed by atoms with Gasteiger partial charge in [-0.25, -0.2) is 4.98 Å². The summed E-state index contributed by atoms with van der Waals surface area (Å²) in [5.41, 5.74) is 13.7. The van der Waals surface area contributed by atoms with Crippen LogP contribution in [0.2, 0.25) is 0 Å². The third kappa shape index (κ3) is 4.70. The minimum Gasteiger partial charge on any atom is -0.309 e. The Hall–Kier alpha value is -7.03. The van der Waals surface area contributed by atoms with Crippen molar-refractivity contribution in [2.45, 2.75) is 0 Å². The van der Waals surface area contributed by atoms with Crippen LogP contribution >= 0.6 is 0 Å². The molecule has 0 amide bonds. The van der Waals surface area contributed by atoms with Crippen LogP contribution in [0.15, 0.2) is 194 Å². The number of para-hydroxylation sites is 1. The van der Waals surface area contributed by atoms with E-state index in [9.17, 15) is 0 Å². The lowest BCUT2D eigenvalue weighted by molar-refractivity contribution is 1.27. The van der Waals surface area contributed by atoms with E-state index in [2.05, 4.69) is 199 Å². The summed E-state index contributed by atoms with van der Waals surface area (Å²) >= 11 is 0. The van der Waals surface area contributed by atoms with Gasteiger partial charge in [-0.05, 0) is 109 Å². The minimum atomic E-state index is 0.989. The molecule has 0 saturated heterocycles. The molecule has 53 heavy (non-hydrogen) atoms. The molecule has 0 unspecified atom stereocenters. The first-order valence-corrected chi connectivity index (χ1v) is 18.2. The van der Waals surface area contributed by atoms with Crippen molar-refractivity contribution < 1.29 is 0 Å². The number of aromatic nitrogens is 1. The van der Waals surface area contributed by atoms with Gasteiger partial charge in [0.1, 0.15) is 0 Å². The molecule has 10 aromatic rings. The highest BCUT2D eigenvalue weighted by Crippen LogP contribution is 2.51. The summed E-state index contributed by atoms with van der Waals surface area (Å²) in [6.45, 7) is 0. The third-order valence-corrected chi connectivity index (χ3v) is 10.9. The summed E-state index contributed by atoms with van der Waals surface area (Å²) in [5.74, 6) is 0. The van der Waals surface area contributed by atoms with Crippen LogP contribution in [-0.4, -0.2) is 4.98 Å². The van der Waals surface area contributed by atoms with Crippen LogP contribution in [0.3, 0.4) is 0 Å². The molecule has 1 aliphatic heterocycles. The number of hydrogen-bond acceptors (Lipinski definition) is 2. The zero-order valence-corrected chi connectivity index (χ0v) is 28.9. The molecule has 0 radical (unpaired) electrons. The summed E-state index contributed by atoms with van der Waals surface area (Å²) < 4.78 is 0. The molecule has 0 aliphatic carbocycles. The Labute approximate surface area is 307 Å². The van der Waals surface area contributed by atoms with E-state index in [1.807, 2.05) is 0 Å². The van der Waals surface area contributed by atoms with E-state index >= 15 is 0 Å². The van der Waals surface area contributed by atoms with Crippen molar-refractivity contribution >= 4 is 60.3 Å². The predicted molar refractivity (Wildman–Crippen MR) is 224 cm³/mol. The van der Waals surface area contributed by atoms with Crippen molar-refractivity contribution in [3.05, 3.63) is 194 Å². The Morgan fingerprint density at radius 2 is 0.868 bits per heavy atom. The van der Waals surface area contributed by atoms with Gasteiger partial charge in [0.15, 0.2) is 0 Å². The molecule has 11 rings (SSSR count). The quantitative estimate of drug-likeness (QED) is 0.173. The highest BCUT2D eigenvalue weighted by atomic mass is 15.2. The zero-order chi connectivity index (χ0) is 34.9. The zero-order valence-electron chi connectivity index (χ0n) is 28.9. The molecule has 0 atom stereocenters. The molecule has 1 aliphatic rings. The van der Waals surface area contributed by atoms with Crippen molar-refractivity contribution in [2.75, 3.05) is 4.90 Å². The van der Waals surface area contributed by atoms with E-state index in [-0.39, 0.29) is 0 Å². The Bertz CT molecular complexity index is 3030. The van der Waals surface area contributed by atoms with Gasteiger partial charge in [0, 0.05) is 22.2 Å². The molecule has 0 N–H and O–H groups in total. The molecule has 0 saturated carbocycles. The Balaban J connectivity index is 1.03. The van der Waals surface area contributed by atoms with E-state index in [1.54, 1.807) is 0 Å². The molecular formula is C51H32N2. The second kappa shape index (κ2) is 11.8. The first kappa shape index (κ1) is 29.7. The number of rotatable bonds is 4. The first-order chi connectivity index (χ1) is 26.3. The molecule has 2 heteroatoms. The van der Waals surface area contributed by atoms with E-state index in [0.29, 0.717) is 0 Å². The van der Waals surface area contributed by atoms with Gasteiger partial charge in [-0.1, -0.05) is 146 Å². The maximum Gasteiger partial charge on any atom is 0.0736 e. The fourth-order valence-corrected chi connectivity index (χ4v) is 8.52. The van der Waals surface area contributed by atoms with Crippen LogP contribution < -0.4 is 4.90 Å². The van der Waals surface area contributed by atoms with Gasteiger partial charge >= 0.3 is 0 Å². The van der Waals surface area contributed by atoms with Gasteiger partial charge in [-0.3, -0.25) is 0 Å². The van der Waals surface area contributed by atoms with E-state index in [4.69, 9.17) is 4.98 Å². The number of nitrogens with zero attached hydrogens (tertiary/aromatic N) is 2. The van der Waals surface area contributed by atoms with Crippen LogP contribution in [0.4, 0.5) is 17.1 Å². The maximum atomic E-state index is 5.18. The molecule has 0 spiro atoms. The Morgan fingerprint density at radius 1 is 0.321 bits per heavy atom. The van der Waals surface area contributed by atoms with E-state index in [0.717, 1.165) is 28.1 Å². The van der Waals surface area contributed by atoms with Crippen molar-refractivity contribution in [1.82, 2.24) is 4.98 Å². The topological polar surface area (TPSA) is 16.1 Å². The van der Waals surface area contributed by atoms with Gasteiger partial charge < -0.3 is 4.90 Å². The number of hydrogen-bond donors (Lipinski definition) is 0. The summed E-state index contributed by atoms with van der Waals surface area (Å²) in [6, 6.07) is 70.4. The molecule has 246 valence electrons. The standard InChI is InChI=1S/C51H32N2/c1-2-13-33(14-3-1)48-32-46-44-23-8-9-25-49(44)53(50-26-12-24-47(52-48)51(46)50)38-18-11-17-36(30-38)34-15-10-16-35(29-34)37-27-28-43-41-21-5-4-19-39(41)40-20-6-7-22-42(40)45(43)31-37/h1-32H. The lowest BCUT2D eigenvalue weighted by Crippen LogP contribution is -2.15. The van der Waals surface area contributed by atoms with Crippen molar-refractivity contribution in [1.29, 1.82) is 0 Å². The molecule has 2 nitrogen and oxygen atoms in total. The van der Waals surface area contributed by atoms with Crippen LogP contribution in [-0.2, 0) is 0 Å². The molecule has 1 aromatic heterocycles. The van der Waals surface area contributed by atoms with E-state index < -0.39 is 0 Å². The SMILES string of the molecule is c1ccc(-c2cc3c4c(cccc4n2)N(c2cccc(-c4cccc(-c5ccc6c7ccccc7c7ccccc7c6c5)c4)c2)c2ccccc2-3)cc1. The van der Waals surface area contributed by atoms with Crippen LogP contribution in [0.1, 0.15) is 0 Å². The maximum absolute atomic E-state index is 5.18. The molecule has 2 heterocycles. The van der Waals surface area contributed by atoms with Crippen LogP contribution in [0, 0.1) is 0 Å². The van der Waals surface area contributed by atoms with Crippen LogP contribution in [0.25, 0.3) is 87.9 Å².